The molecule has 0 saturated carbocycles. The van der Waals surface area contributed by atoms with Crippen molar-refractivity contribution in [1.29, 1.82) is 0 Å². The number of carbonyl (C=O) groups is 1. The van der Waals surface area contributed by atoms with Gasteiger partial charge < -0.3 is 5.32 Å². The second-order valence-corrected chi connectivity index (χ2v) is 6.96. The van der Waals surface area contributed by atoms with Crippen molar-refractivity contribution in [2.75, 3.05) is 0 Å². The molecule has 136 valence electrons. The predicted molar refractivity (Wildman–Crippen MR) is 106 cm³/mol. The molecule has 1 unspecified atom stereocenters. The van der Waals surface area contributed by atoms with E-state index in [-0.39, 0.29) is 17.3 Å². The molecule has 0 radical (unpaired) electrons. The standard InChI is InChI=1S/C23H21FN2O/c1-16(2)23(3,13-12-17-8-5-4-6-9-17)26-22(27)19-14-18-10-7-11-20(24)21(18)25-15-19/h4-11,14-16H,1-3H3,(H,26,27). The average Bonchev–Trinajstić information content (AvgIpc) is 2.67. The van der Waals surface area contributed by atoms with Crippen molar-refractivity contribution >= 4 is 16.8 Å². The van der Waals surface area contributed by atoms with Crippen molar-refractivity contribution < 1.29 is 9.18 Å². The molecule has 0 bridgehead atoms. The van der Waals surface area contributed by atoms with Gasteiger partial charge in [0.25, 0.3) is 5.91 Å². The van der Waals surface area contributed by atoms with Gasteiger partial charge in [-0.25, -0.2) is 4.39 Å². The highest BCUT2D eigenvalue weighted by Gasteiger charge is 2.28. The van der Waals surface area contributed by atoms with Gasteiger partial charge in [0, 0.05) is 17.1 Å². The van der Waals surface area contributed by atoms with E-state index >= 15 is 0 Å². The molecular formula is C23H21FN2O. The molecule has 0 aliphatic rings. The number of carbonyl (C=O) groups excluding carboxylic acids is 1. The van der Waals surface area contributed by atoms with Crippen LogP contribution in [0.2, 0.25) is 0 Å². The van der Waals surface area contributed by atoms with Gasteiger partial charge in [-0.15, -0.1) is 0 Å². The van der Waals surface area contributed by atoms with E-state index in [1.165, 1.54) is 12.3 Å². The summed E-state index contributed by atoms with van der Waals surface area (Å²) >= 11 is 0. The molecule has 0 spiro atoms. The minimum absolute atomic E-state index is 0.0866. The van der Waals surface area contributed by atoms with Crippen molar-refractivity contribution in [3.05, 3.63) is 77.7 Å². The van der Waals surface area contributed by atoms with E-state index in [0.29, 0.717) is 10.9 Å². The molecule has 0 saturated heterocycles. The lowest BCUT2D eigenvalue weighted by atomic mass is 9.88. The van der Waals surface area contributed by atoms with Crippen LogP contribution in [0.5, 0.6) is 0 Å². The second-order valence-electron chi connectivity index (χ2n) is 6.96. The Kier molecular flexibility index (Phi) is 5.23. The Hall–Kier alpha value is -3.19. The summed E-state index contributed by atoms with van der Waals surface area (Å²) < 4.78 is 13.8. The Morgan fingerprint density at radius 1 is 1.15 bits per heavy atom. The average molecular weight is 360 g/mol. The van der Waals surface area contributed by atoms with Crippen LogP contribution in [0.25, 0.3) is 10.9 Å². The molecule has 3 nitrogen and oxygen atoms in total. The fraction of sp³-hybridized carbons (Fsp3) is 0.217. The normalized spacial score (nSPS) is 12.9. The van der Waals surface area contributed by atoms with E-state index < -0.39 is 11.4 Å². The molecule has 0 fully saturated rings. The SMILES string of the molecule is CC(C)C(C)(C#Cc1ccccc1)NC(=O)c1cnc2c(F)cccc2c1. The van der Waals surface area contributed by atoms with Crippen molar-refractivity contribution in [3.63, 3.8) is 0 Å². The first-order chi connectivity index (χ1) is 12.9. The van der Waals surface area contributed by atoms with Gasteiger partial charge in [0.2, 0.25) is 0 Å². The lowest BCUT2D eigenvalue weighted by molar-refractivity contribution is 0.0908. The molecule has 2 aromatic carbocycles. The van der Waals surface area contributed by atoms with Gasteiger partial charge in [-0.2, -0.15) is 0 Å². The smallest absolute Gasteiger partial charge is 0.254 e. The minimum Gasteiger partial charge on any atom is -0.336 e. The zero-order valence-electron chi connectivity index (χ0n) is 15.6. The first-order valence-electron chi connectivity index (χ1n) is 8.84. The fourth-order valence-electron chi connectivity index (χ4n) is 2.60. The van der Waals surface area contributed by atoms with E-state index in [0.717, 1.165) is 5.56 Å². The van der Waals surface area contributed by atoms with Gasteiger partial charge in [0.05, 0.1) is 5.56 Å². The van der Waals surface area contributed by atoms with Crippen LogP contribution >= 0.6 is 0 Å². The maximum absolute atomic E-state index is 13.8. The topological polar surface area (TPSA) is 42.0 Å². The van der Waals surface area contributed by atoms with Crippen LogP contribution in [0, 0.1) is 23.6 Å². The number of fused-ring (bicyclic) bond motifs is 1. The van der Waals surface area contributed by atoms with Crippen LogP contribution in [0.4, 0.5) is 4.39 Å². The molecule has 1 heterocycles. The number of halogens is 1. The third kappa shape index (κ3) is 4.15. The number of benzene rings is 2. The summed E-state index contributed by atoms with van der Waals surface area (Å²) in [5.41, 5.74) is 0.802. The van der Waals surface area contributed by atoms with Gasteiger partial charge in [-0.05, 0) is 37.1 Å². The number of hydrogen-bond donors (Lipinski definition) is 1. The number of nitrogens with one attached hydrogen (secondary N) is 1. The molecule has 1 N–H and O–H groups in total. The number of para-hydroxylation sites is 1. The Bertz CT molecular complexity index is 1030. The predicted octanol–water partition coefficient (Wildman–Crippen LogP) is 4.57. The van der Waals surface area contributed by atoms with Crippen molar-refractivity contribution in [2.45, 2.75) is 26.3 Å². The van der Waals surface area contributed by atoms with Crippen LogP contribution in [0.1, 0.15) is 36.7 Å². The Morgan fingerprint density at radius 3 is 2.59 bits per heavy atom. The van der Waals surface area contributed by atoms with Gasteiger partial charge in [0.1, 0.15) is 16.9 Å². The van der Waals surface area contributed by atoms with Crippen molar-refractivity contribution in [1.82, 2.24) is 10.3 Å². The third-order valence-electron chi connectivity index (χ3n) is 4.69. The largest absolute Gasteiger partial charge is 0.336 e. The van der Waals surface area contributed by atoms with Gasteiger partial charge in [-0.1, -0.05) is 56.0 Å². The molecule has 1 aromatic heterocycles. The fourth-order valence-corrected chi connectivity index (χ4v) is 2.60. The monoisotopic (exact) mass is 360 g/mol. The van der Waals surface area contributed by atoms with E-state index in [1.807, 2.05) is 51.1 Å². The molecule has 0 aliphatic carbocycles. The maximum atomic E-state index is 13.8. The molecule has 0 aliphatic heterocycles. The summed E-state index contributed by atoms with van der Waals surface area (Å²) in [5.74, 6) is 5.73. The summed E-state index contributed by atoms with van der Waals surface area (Å²) in [7, 11) is 0. The number of amides is 1. The van der Waals surface area contributed by atoms with Crippen LogP contribution in [-0.4, -0.2) is 16.4 Å². The number of aromatic nitrogens is 1. The number of nitrogens with zero attached hydrogens (tertiary/aromatic N) is 1. The van der Waals surface area contributed by atoms with Crippen LogP contribution in [-0.2, 0) is 0 Å². The summed E-state index contributed by atoms with van der Waals surface area (Å²) in [6.07, 6.45) is 1.39. The molecule has 1 atom stereocenters. The minimum atomic E-state index is -0.718. The van der Waals surface area contributed by atoms with Crippen molar-refractivity contribution in [2.24, 2.45) is 5.92 Å². The Morgan fingerprint density at radius 2 is 1.89 bits per heavy atom. The van der Waals surface area contributed by atoms with E-state index in [1.54, 1.807) is 18.2 Å². The first kappa shape index (κ1) is 18.6. The summed E-state index contributed by atoms with van der Waals surface area (Å²) in [6, 6.07) is 16.0. The Balaban J connectivity index is 1.88. The lowest BCUT2D eigenvalue weighted by Crippen LogP contribution is -2.49. The number of pyridine rings is 1. The third-order valence-corrected chi connectivity index (χ3v) is 4.69. The van der Waals surface area contributed by atoms with Crippen LogP contribution < -0.4 is 5.32 Å². The van der Waals surface area contributed by atoms with Crippen LogP contribution in [0.15, 0.2) is 60.8 Å². The van der Waals surface area contributed by atoms with E-state index in [4.69, 9.17) is 0 Å². The number of hydrogen-bond acceptors (Lipinski definition) is 2. The lowest BCUT2D eigenvalue weighted by Gasteiger charge is -2.29. The van der Waals surface area contributed by atoms with Gasteiger partial charge >= 0.3 is 0 Å². The zero-order valence-corrected chi connectivity index (χ0v) is 15.6. The molecule has 3 aromatic rings. The summed E-state index contributed by atoms with van der Waals surface area (Å²) in [5, 5.41) is 3.60. The maximum Gasteiger partial charge on any atom is 0.254 e. The second kappa shape index (κ2) is 7.59. The molecular weight excluding hydrogens is 339 g/mol. The highest BCUT2D eigenvalue weighted by molar-refractivity contribution is 5.98. The highest BCUT2D eigenvalue weighted by Crippen LogP contribution is 2.19. The van der Waals surface area contributed by atoms with E-state index in [9.17, 15) is 9.18 Å². The van der Waals surface area contributed by atoms with E-state index in [2.05, 4.69) is 22.1 Å². The first-order valence-corrected chi connectivity index (χ1v) is 8.84. The van der Waals surface area contributed by atoms with Gasteiger partial charge in [-0.3, -0.25) is 9.78 Å². The van der Waals surface area contributed by atoms with Gasteiger partial charge in [0.15, 0.2) is 0 Å². The summed E-state index contributed by atoms with van der Waals surface area (Å²) in [4.78, 5) is 16.9. The summed E-state index contributed by atoms with van der Waals surface area (Å²) in [6.45, 7) is 5.92. The molecule has 27 heavy (non-hydrogen) atoms. The Labute approximate surface area is 158 Å². The molecule has 1 amide bonds. The molecule has 3 rings (SSSR count). The number of rotatable bonds is 3. The van der Waals surface area contributed by atoms with Crippen molar-refractivity contribution in [3.8, 4) is 11.8 Å². The quantitative estimate of drug-likeness (QED) is 0.695. The van der Waals surface area contributed by atoms with Crippen LogP contribution in [0.3, 0.4) is 0 Å². The zero-order chi connectivity index (χ0) is 19.4. The molecule has 4 heteroatoms. The highest BCUT2D eigenvalue weighted by atomic mass is 19.1.